The average Bonchev–Trinajstić information content (AvgIpc) is 2.76. The van der Waals surface area contributed by atoms with Gasteiger partial charge in [-0.25, -0.2) is 0 Å². The second-order valence-corrected chi connectivity index (χ2v) is 9.31. The van der Waals surface area contributed by atoms with E-state index < -0.39 is 0 Å². The summed E-state index contributed by atoms with van der Waals surface area (Å²) in [6.07, 6.45) is 11.5. The van der Waals surface area contributed by atoms with Gasteiger partial charge in [-0.1, -0.05) is 13.8 Å². The number of aliphatic hydroxyl groups excluding tert-OH is 1. The molecule has 0 aromatic rings. The molecule has 3 N–H and O–H groups in total. The fraction of sp³-hybridized carbons (Fsp3) is 1.00. The minimum absolute atomic E-state index is 0.0200. The Bertz CT molecular complexity index is 424. The van der Waals surface area contributed by atoms with Crippen LogP contribution in [0.25, 0.3) is 0 Å². The molecule has 0 amide bonds. The molecule has 2 heteroatoms. The normalized spacial score (nSPS) is 60.0. The van der Waals surface area contributed by atoms with Crippen LogP contribution in [0.1, 0.15) is 71.6 Å². The molecule has 4 aliphatic rings. The van der Waals surface area contributed by atoms with Crippen molar-refractivity contribution in [1.29, 1.82) is 0 Å². The second kappa shape index (κ2) is 4.71. The summed E-state index contributed by atoms with van der Waals surface area (Å²) in [6.45, 7) is 5.06. The number of hydrogen-bond donors (Lipinski definition) is 2. The van der Waals surface area contributed by atoms with Gasteiger partial charge >= 0.3 is 0 Å². The Balaban J connectivity index is 1.62. The van der Waals surface area contributed by atoms with Crippen molar-refractivity contribution >= 4 is 0 Å². The van der Waals surface area contributed by atoms with Gasteiger partial charge in [-0.3, -0.25) is 0 Å². The van der Waals surface area contributed by atoms with Gasteiger partial charge < -0.3 is 10.8 Å². The molecule has 8 atom stereocenters. The molecule has 4 rings (SSSR count). The number of rotatable bonds is 0. The van der Waals surface area contributed by atoms with E-state index in [9.17, 15) is 5.11 Å². The summed E-state index contributed by atoms with van der Waals surface area (Å²) in [5, 5.41) is 10.1. The standard InChI is InChI=1S/C19H33NO/c1-18-9-7-13(21)11-12(18)3-4-14-15-5-6-17(20)19(15,2)10-8-16(14)18/h12-17,21H,3-11,20H2,1-2H3/t12-,13+,14-,15+,16-,17-,18-,19-/m0/s1. The monoisotopic (exact) mass is 291 g/mol. The van der Waals surface area contributed by atoms with Gasteiger partial charge in [0.05, 0.1) is 6.10 Å². The van der Waals surface area contributed by atoms with Gasteiger partial charge in [0.15, 0.2) is 0 Å². The topological polar surface area (TPSA) is 46.2 Å². The summed E-state index contributed by atoms with van der Waals surface area (Å²) in [6, 6.07) is 0.446. The molecule has 0 aromatic carbocycles. The largest absolute Gasteiger partial charge is 0.393 e. The van der Waals surface area contributed by atoms with E-state index in [0.29, 0.717) is 16.9 Å². The van der Waals surface area contributed by atoms with Gasteiger partial charge in [0.1, 0.15) is 0 Å². The molecule has 0 aromatic heterocycles. The van der Waals surface area contributed by atoms with Crippen molar-refractivity contribution in [1.82, 2.24) is 0 Å². The van der Waals surface area contributed by atoms with E-state index in [4.69, 9.17) is 5.73 Å². The molecule has 4 aliphatic carbocycles. The van der Waals surface area contributed by atoms with Crippen LogP contribution in [-0.4, -0.2) is 17.3 Å². The lowest BCUT2D eigenvalue weighted by atomic mass is 9.45. The third-order valence-electron chi connectivity index (χ3n) is 8.71. The first kappa shape index (κ1) is 14.5. The predicted molar refractivity (Wildman–Crippen MR) is 85.7 cm³/mol. The van der Waals surface area contributed by atoms with E-state index >= 15 is 0 Å². The van der Waals surface area contributed by atoms with E-state index in [1.54, 1.807) is 0 Å². The van der Waals surface area contributed by atoms with Crippen molar-refractivity contribution in [3.05, 3.63) is 0 Å². The molecule has 0 spiro atoms. The van der Waals surface area contributed by atoms with Crippen LogP contribution < -0.4 is 5.73 Å². The van der Waals surface area contributed by atoms with Crippen molar-refractivity contribution in [2.45, 2.75) is 83.8 Å². The fourth-order valence-corrected chi connectivity index (χ4v) is 7.28. The highest BCUT2D eigenvalue weighted by atomic mass is 16.3. The van der Waals surface area contributed by atoms with E-state index in [0.717, 1.165) is 36.5 Å². The number of hydrogen-bond acceptors (Lipinski definition) is 2. The van der Waals surface area contributed by atoms with Gasteiger partial charge in [-0.05, 0) is 92.3 Å². The summed E-state index contributed by atoms with van der Waals surface area (Å²) >= 11 is 0. The van der Waals surface area contributed by atoms with Crippen molar-refractivity contribution < 1.29 is 5.11 Å². The van der Waals surface area contributed by atoms with Gasteiger partial charge in [0.25, 0.3) is 0 Å². The minimum Gasteiger partial charge on any atom is -0.393 e. The lowest BCUT2D eigenvalue weighted by Crippen LogP contribution is -2.55. The maximum absolute atomic E-state index is 10.1. The Morgan fingerprint density at radius 2 is 1.57 bits per heavy atom. The first-order valence-corrected chi connectivity index (χ1v) is 9.39. The molecule has 4 fully saturated rings. The molecule has 0 saturated heterocycles. The molecule has 0 aliphatic heterocycles. The van der Waals surface area contributed by atoms with Crippen molar-refractivity contribution in [2.75, 3.05) is 0 Å². The molecule has 0 bridgehead atoms. The number of nitrogens with two attached hydrogens (primary N) is 1. The van der Waals surface area contributed by atoms with Crippen molar-refractivity contribution in [2.24, 2.45) is 40.2 Å². The first-order chi connectivity index (χ1) is 9.95. The molecule has 120 valence electrons. The molecule has 0 heterocycles. The fourth-order valence-electron chi connectivity index (χ4n) is 7.28. The Kier molecular flexibility index (Phi) is 3.25. The Morgan fingerprint density at radius 3 is 2.38 bits per heavy atom. The van der Waals surface area contributed by atoms with E-state index in [1.807, 2.05) is 0 Å². The molecular formula is C19H33NO. The van der Waals surface area contributed by atoms with Gasteiger partial charge in [-0.15, -0.1) is 0 Å². The van der Waals surface area contributed by atoms with Crippen LogP contribution in [0.5, 0.6) is 0 Å². The maximum Gasteiger partial charge on any atom is 0.0543 e. The molecular weight excluding hydrogens is 258 g/mol. The number of fused-ring (bicyclic) bond motifs is 5. The van der Waals surface area contributed by atoms with Gasteiger partial charge in [0.2, 0.25) is 0 Å². The lowest BCUT2D eigenvalue weighted by Gasteiger charge is -2.60. The van der Waals surface area contributed by atoms with Crippen molar-refractivity contribution in [3.63, 3.8) is 0 Å². The van der Waals surface area contributed by atoms with Crippen LogP contribution in [0.4, 0.5) is 0 Å². The third-order valence-corrected chi connectivity index (χ3v) is 8.71. The Labute approximate surface area is 129 Å². The number of aliphatic hydroxyl groups is 1. The van der Waals surface area contributed by atoms with E-state index in [1.165, 1.54) is 44.9 Å². The highest BCUT2D eigenvalue weighted by Gasteiger charge is 2.59. The first-order valence-electron chi connectivity index (χ1n) is 9.39. The summed E-state index contributed by atoms with van der Waals surface area (Å²) in [4.78, 5) is 0. The zero-order valence-corrected chi connectivity index (χ0v) is 13.9. The quantitative estimate of drug-likeness (QED) is 0.714. The summed E-state index contributed by atoms with van der Waals surface area (Å²) in [5.41, 5.74) is 7.43. The molecule has 2 nitrogen and oxygen atoms in total. The average molecular weight is 291 g/mol. The maximum atomic E-state index is 10.1. The van der Waals surface area contributed by atoms with Gasteiger partial charge in [-0.2, -0.15) is 0 Å². The van der Waals surface area contributed by atoms with Crippen molar-refractivity contribution in [3.8, 4) is 0 Å². The Morgan fingerprint density at radius 1 is 0.857 bits per heavy atom. The zero-order chi connectivity index (χ0) is 14.8. The highest BCUT2D eigenvalue weighted by Crippen LogP contribution is 2.65. The Hall–Kier alpha value is -0.0800. The minimum atomic E-state index is -0.0200. The van der Waals surface area contributed by atoms with Crippen LogP contribution in [0.3, 0.4) is 0 Å². The molecule has 21 heavy (non-hydrogen) atoms. The van der Waals surface area contributed by atoms with Crippen LogP contribution >= 0.6 is 0 Å². The smallest absolute Gasteiger partial charge is 0.0543 e. The second-order valence-electron chi connectivity index (χ2n) is 9.31. The van der Waals surface area contributed by atoms with Crippen LogP contribution in [0, 0.1) is 34.5 Å². The van der Waals surface area contributed by atoms with Crippen LogP contribution in [0.2, 0.25) is 0 Å². The van der Waals surface area contributed by atoms with E-state index in [2.05, 4.69) is 13.8 Å². The SMILES string of the molecule is C[C@]12CC[C@H]3[C@@H](CC[C@H]4C[C@H](O)CC[C@@]43C)[C@H]1CC[C@@H]2N. The predicted octanol–water partition coefficient (Wildman–Crippen LogP) is 3.72. The van der Waals surface area contributed by atoms with E-state index in [-0.39, 0.29) is 6.10 Å². The molecule has 4 saturated carbocycles. The molecule has 0 radical (unpaired) electrons. The molecule has 0 unspecified atom stereocenters. The summed E-state index contributed by atoms with van der Waals surface area (Å²) in [5.74, 6) is 3.50. The van der Waals surface area contributed by atoms with Crippen LogP contribution in [0.15, 0.2) is 0 Å². The highest BCUT2D eigenvalue weighted by molar-refractivity contribution is 5.10. The van der Waals surface area contributed by atoms with Crippen LogP contribution in [-0.2, 0) is 0 Å². The lowest BCUT2D eigenvalue weighted by molar-refractivity contribution is -0.122. The van der Waals surface area contributed by atoms with Gasteiger partial charge in [0, 0.05) is 6.04 Å². The summed E-state index contributed by atoms with van der Waals surface area (Å²) < 4.78 is 0. The summed E-state index contributed by atoms with van der Waals surface area (Å²) in [7, 11) is 0. The zero-order valence-electron chi connectivity index (χ0n) is 13.9. The third kappa shape index (κ3) is 1.91.